The highest BCUT2D eigenvalue weighted by atomic mass is 19.3. The minimum Gasteiger partial charge on any atom is -0.415 e. The second-order valence-electron chi connectivity index (χ2n) is 8.06. The average Bonchev–Trinajstić information content (AvgIpc) is 3.30. The van der Waals surface area contributed by atoms with E-state index in [2.05, 4.69) is 15.2 Å². The molecule has 3 aromatic rings. The Hall–Kier alpha value is -3.38. The Labute approximate surface area is 191 Å². The first-order valence-corrected chi connectivity index (χ1v) is 10.4. The molecule has 1 amide bonds. The van der Waals surface area contributed by atoms with Crippen molar-refractivity contribution < 1.29 is 31.9 Å². The van der Waals surface area contributed by atoms with Gasteiger partial charge in [-0.25, -0.2) is 8.78 Å². The van der Waals surface area contributed by atoms with Gasteiger partial charge in [-0.2, -0.15) is 8.78 Å². The van der Waals surface area contributed by atoms with Crippen LogP contribution in [0.3, 0.4) is 0 Å². The molecule has 1 aromatic carbocycles. The zero-order valence-electron chi connectivity index (χ0n) is 18.0. The number of hydrogen-bond donors (Lipinski definition) is 1. The Kier molecular flexibility index (Phi) is 6.62. The van der Waals surface area contributed by atoms with Gasteiger partial charge >= 0.3 is 6.43 Å². The summed E-state index contributed by atoms with van der Waals surface area (Å²) in [5.74, 6) is -2.42. The smallest absolute Gasteiger partial charge is 0.314 e. The first kappa shape index (κ1) is 23.8. The number of carbonyl (C=O) groups excluding carboxylic acids is 1. The molecule has 1 unspecified atom stereocenters. The van der Waals surface area contributed by atoms with Crippen LogP contribution >= 0.6 is 0 Å². The van der Waals surface area contributed by atoms with E-state index in [4.69, 9.17) is 4.42 Å². The van der Waals surface area contributed by atoms with Gasteiger partial charge in [-0.15, -0.1) is 10.2 Å². The van der Waals surface area contributed by atoms with Crippen LogP contribution < -0.4 is 4.90 Å². The van der Waals surface area contributed by atoms with Crippen LogP contribution in [0.25, 0.3) is 11.5 Å². The largest absolute Gasteiger partial charge is 0.415 e. The Morgan fingerprint density at radius 3 is 2.62 bits per heavy atom. The second-order valence-corrected chi connectivity index (χ2v) is 8.06. The van der Waals surface area contributed by atoms with E-state index in [1.54, 1.807) is 11.8 Å². The van der Waals surface area contributed by atoms with Crippen molar-refractivity contribution in [3.63, 3.8) is 0 Å². The molecule has 3 heterocycles. The van der Waals surface area contributed by atoms with Crippen LogP contribution in [0.1, 0.15) is 24.9 Å². The fourth-order valence-electron chi connectivity index (χ4n) is 3.57. The van der Waals surface area contributed by atoms with Gasteiger partial charge in [0.25, 0.3) is 11.8 Å². The predicted molar refractivity (Wildman–Crippen MR) is 112 cm³/mol. The number of benzene rings is 1. The first-order chi connectivity index (χ1) is 16.2. The topological polar surface area (TPSA) is 95.6 Å². The van der Waals surface area contributed by atoms with Crippen LogP contribution in [-0.4, -0.2) is 62.5 Å². The monoisotopic (exact) mass is 479 g/mol. The number of aliphatic hydroxyl groups excluding tert-OH is 1. The molecule has 34 heavy (non-hydrogen) atoms. The van der Waals surface area contributed by atoms with Gasteiger partial charge in [-0.3, -0.25) is 14.7 Å². The fourth-order valence-corrected chi connectivity index (χ4v) is 3.57. The minimum absolute atomic E-state index is 0.150. The summed E-state index contributed by atoms with van der Waals surface area (Å²) in [5, 5.41) is 16.1. The number of nitrogens with zero attached hydrogens (tertiary/aromatic N) is 5. The number of amides is 1. The third-order valence-corrected chi connectivity index (χ3v) is 5.56. The van der Waals surface area contributed by atoms with Crippen LogP contribution in [-0.2, 0) is 11.3 Å². The zero-order chi connectivity index (χ0) is 24.5. The summed E-state index contributed by atoms with van der Waals surface area (Å²) in [7, 11) is 0. The number of anilines is 1. The lowest BCUT2D eigenvalue weighted by atomic mass is 9.92. The molecule has 0 saturated carbocycles. The van der Waals surface area contributed by atoms with E-state index in [0.717, 1.165) is 11.0 Å². The molecule has 1 N–H and O–H groups in total. The molecule has 0 bridgehead atoms. The van der Waals surface area contributed by atoms with Crippen LogP contribution in [0.2, 0.25) is 0 Å². The van der Waals surface area contributed by atoms with E-state index < -0.39 is 29.7 Å². The molecule has 1 aliphatic rings. The molecule has 12 heteroatoms. The Morgan fingerprint density at radius 2 is 2.03 bits per heavy atom. The van der Waals surface area contributed by atoms with Crippen molar-refractivity contribution in [2.75, 3.05) is 24.6 Å². The van der Waals surface area contributed by atoms with Crippen molar-refractivity contribution in [1.29, 1.82) is 0 Å². The van der Waals surface area contributed by atoms with Crippen molar-refractivity contribution in [1.82, 2.24) is 20.1 Å². The molecular formula is C22H21F4N5O3. The van der Waals surface area contributed by atoms with E-state index in [1.807, 2.05) is 0 Å². The molecule has 1 fully saturated rings. The highest BCUT2D eigenvalue weighted by molar-refractivity contribution is 6.00. The van der Waals surface area contributed by atoms with Crippen molar-refractivity contribution >= 4 is 11.6 Å². The maximum atomic E-state index is 15.4. The third-order valence-electron chi connectivity index (χ3n) is 5.56. The predicted octanol–water partition coefficient (Wildman–Crippen LogP) is 3.15. The number of rotatable bonds is 8. The Morgan fingerprint density at radius 1 is 1.26 bits per heavy atom. The minimum atomic E-state index is -2.91. The van der Waals surface area contributed by atoms with Gasteiger partial charge in [0, 0.05) is 31.0 Å². The zero-order valence-corrected chi connectivity index (χ0v) is 18.0. The second kappa shape index (κ2) is 9.47. The summed E-state index contributed by atoms with van der Waals surface area (Å²) in [6.07, 6.45) is -1.61. The maximum absolute atomic E-state index is 15.4. The van der Waals surface area contributed by atoms with Crippen molar-refractivity contribution in [3.05, 3.63) is 60.0 Å². The molecule has 0 radical (unpaired) electrons. The van der Waals surface area contributed by atoms with Gasteiger partial charge in [-0.1, -0.05) is 6.07 Å². The lowest BCUT2D eigenvalue weighted by Gasteiger charge is -2.47. The van der Waals surface area contributed by atoms with Crippen LogP contribution in [0, 0.1) is 5.82 Å². The van der Waals surface area contributed by atoms with Gasteiger partial charge in [0.1, 0.15) is 5.82 Å². The normalized spacial score (nSPS) is 16.3. The fraction of sp³-hybridized carbons (Fsp3) is 0.364. The Bertz CT molecular complexity index is 1150. The lowest BCUT2D eigenvalue weighted by molar-refractivity contribution is -0.145. The number of carbonyl (C=O) groups is 1. The van der Waals surface area contributed by atoms with Crippen LogP contribution in [0.5, 0.6) is 0 Å². The highest BCUT2D eigenvalue weighted by Gasteiger charge is 2.53. The van der Waals surface area contributed by atoms with Crippen molar-refractivity contribution in [2.24, 2.45) is 0 Å². The molecule has 1 saturated heterocycles. The number of likely N-dealkylation sites (tertiary alicyclic amines) is 1. The Balaban J connectivity index is 1.56. The van der Waals surface area contributed by atoms with E-state index in [1.165, 1.54) is 36.5 Å². The van der Waals surface area contributed by atoms with Gasteiger partial charge in [0.15, 0.2) is 0 Å². The summed E-state index contributed by atoms with van der Waals surface area (Å²) in [6, 6.07) is 7.89. The maximum Gasteiger partial charge on any atom is 0.314 e. The summed E-state index contributed by atoms with van der Waals surface area (Å²) < 4.78 is 59.5. The van der Waals surface area contributed by atoms with Crippen LogP contribution in [0.15, 0.2) is 47.0 Å². The van der Waals surface area contributed by atoms with Crippen LogP contribution in [0.4, 0.5) is 23.2 Å². The quantitative estimate of drug-likeness (QED) is 0.496. The number of hydrogen-bond acceptors (Lipinski definition) is 7. The summed E-state index contributed by atoms with van der Waals surface area (Å²) >= 11 is 0. The molecular weight excluding hydrogens is 458 g/mol. The van der Waals surface area contributed by atoms with Gasteiger partial charge in [0.2, 0.25) is 11.6 Å². The number of aliphatic hydroxyl groups is 1. The third kappa shape index (κ3) is 4.77. The van der Waals surface area contributed by atoms with Gasteiger partial charge < -0.3 is 14.4 Å². The summed E-state index contributed by atoms with van der Waals surface area (Å²) in [5.41, 5.74) is -1.44. The van der Waals surface area contributed by atoms with E-state index >= 15 is 4.39 Å². The number of alkyl halides is 3. The molecule has 0 spiro atoms. The van der Waals surface area contributed by atoms with E-state index in [0.29, 0.717) is 5.69 Å². The molecule has 180 valence electrons. The molecule has 4 rings (SSSR count). The number of halogens is 4. The lowest BCUT2D eigenvalue weighted by Crippen LogP contribution is -2.68. The van der Waals surface area contributed by atoms with Gasteiger partial charge in [-0.05, 0) is 37.3 Å². The van der Waals surface area contributed by atoms with Gasteiger partial charge in [0.05, 0.1) is 24.4 Å². The summed E-state index contributed by atoms with van der Waals surface area (Å²) in [4.78, 5) is 20.1. The highest BCUT2D eigenvalue weighted by Crippen LogP contribution is 2.32. The molecule has 2 aromatic heterocycles. The molecule has 1 aliphatic heterocycles. The first-order valence-electron chi connectivity index (χ1n) is 10.4. The number of aromatic nitrogens is 3. The SMILES string of the molecule is CC(CO)N1CC(F)(C(=O)N(Cc2ccc(-c3nnc(C(F)F)o3)cn2)c2cccc(F)c2)C1. The molecule has 0 aliphatic carbocycles. The molecule has 8 nitrogen and oxygen atoms in total. The van der Waals surface area contributed by atoms with E-state index in [-0.39, 0.29) is 49.4 Å². The summed E-state index contributed by atoms with van der Waals surface area (Å²) in [6.45, 7) is 0.973. The standard InChI is InChI=1S/C22H21F4N5O3/c1-13(10-32)30-11-22(26,12-30)21(33)31(17-4-2-3-15(23)7-17)9-16-6-5-14(8-27-16)19-28-29-20(34-19)18(24)25/h2-8,13,18,32H,9-12H2,1H3. The molecule has 1 atom stereocenters. The van der Waals surface area contributed by atoms with E-state index in [9.17, 15) is 23.1 Å². The average molecular weight is 479 g/mol. The number of pyridine rings is 1. The van der Waals surface area contributed by atoms with Crippen molar-refractivity contribution in [2.45, 2.75) is 31.6 Å². The van der Waals surface area contributed by atoms with Crippen molar-refractivity contribution in [3.8, 4) is 11.5 Å².